The molecule has 0 unspecified atom stereocenters. The molecule has 0 aromatic rings. The van der Waals surface area contributed by atoms with Crippen LogP contribution in [-0.2, 0) is 14.2 Å². The summed E-state index contributed by atoms with van der Waals surface area (Å²) in [4.78, 5) is 0. The second kappa shape index (κ2) is 6.31. The Morgan fingerprint density at radius 3 is 0.722 bits per heavy atom. The van der Waals surface area contributed by atoms with Crippen LogP contribution in [0.4, 0.5) is 0 Å². The van der Waals surface area contributed by atoms with Gasteiger partial charge in [-0.05, 0) is 0 Å². The zero-order valence-electron chi connectivity index (χ0n) is 7.86. The van der Waals surface area contributed by atoms with Gasteiger partial charge in [-0.3, -0.25) is 0 Å². The fraction of sp³-hybridized carbons (Fsp3) is 1.00. The summed E-state index contributed by atoms with van der Waals surface area (Å²) >= 11 is 50.5. The van der Waals surface area contributed by atoms with Crippen molar-refractivity contribution in [2.45, 2.75) is 30.2 Å². The van der Waals surface area contributed by atoms with Gasteiger partial charge in [-0.1, -0.05) is 104 Å². The van der Waals surface area contributed by atoms with E-state index in [2.05, 4.69) is 0 Å². The molecule has 1 rings (SSSR count). The zero-order chi connectivity index (χ0) is 14.4. The summed E-state index contributed by atoms with van der Waals surface area (Å²) in [5.41, 5.74) is 0. The molecule has 0 aromatic heterocycles. The molecule has 108 valence electrons. The number of alkyl halides is 9. The Bertz CT molecular complexity index is 239. The standard InChI is InChI=1S/C6H3Cl9O3/c7-4(8,9)1-16-2(5(10,11)12)18-3(17-1)6(13,14)15/h1-3H. The molecule has 3 nitrogen and oxygen atoms in total. The Balaban J connectivity index is 2.93. The molecular formula is C6H3Cl9O3. The molecule has 1 aliphatic rings. The maximum absolute atomic E-state index is 5.61. The lowest BCUT2D eigenvalue weighted by molar-refractivity contribution is -0.378. The maximum atomic E-state index is 5.61. The molecule has 1 saturated heterocycles. The number of ether oxygens (including phenoxy) is 3. The first-order valence-corrected chi connectivity index (χ1v) is 7.38. The minimum Gasteiger partial charge on any atom is -0.314 e. The van der Waals surface area contributed by atoms with Crippen LogP contribution < -0.4 is 0 Å². The Morgan fingerprint density at radius 1 is 0.444 bits per heavy atom. The largest absolute Gasteiger partial charge is 0.314 e. The average Bonchev–Trinajstić information content (AvgIpc) is 2.13. The van der Waals surface area contributed by atoms with E-state index >= 15 is 0 Å². The van der Waals surface area contributed by atoms with E-state index in [9.17, 15) is 0 Å². The van der Waals surface area contributed by atoms with E-state index in [4.69, 9.17) is 119 Å². The van der Waals surface area contributed by atoms with Crippen LogP contribution in [0.5, 0.6) is 0 Å². The molecule has 0 aromatic carbocycles. The molecule has 0 bridgehead atoms. The van der Waals surface area contributed by atoms with Crippen molar-refractivity contribution < 1.29 is 14.2 Å². The maximum Gasteiger partial charge on any atom is 0.241 e. The van der Waals surface area contributed by atoms with E-state index in [-0.39, 0.29) is 0 Å². The van der Waals surface area contributed by atoms with Gasteiger partial charge in [-0.15, -0.1) is 0 Å². The van der Waals surface area contributed by atoms with Crippen molar-refractivity contribution in [2.24, 2.45) is 0 Å². The van der Waals surface area contributed by atoms with Crippen molar-refractivity contribution in [2.75, 3.05) is 0 Å². The molecule has 0 atom stereocenters. The van der Waals surface area contributed by atoms with Gasteiger partial charge in [0, 0.05) is 0 Å². The summed E-state index contributed by atoms with van der Waals surface area (Å²) < 4.78 is 9.10. The Hall–Kier alpha value is 2.49. The van der Waals surface area contributed by atoms with Crippen LogP contribution in [0.3, 0.4) is 0 Å². The van der Waals surface area contributed by atoms with Crippen LogP contribution in [0.1, 0.15) is 0 Å². The molecule has 0 saturated carbocycles. The molecule has 12 heteroatoms. The highest BCUT2D eigenvalue weighted by Crippen LogP contribution is 2.46. The molecule has 0 aliphatic carbocycles. The number of hydrogen-bond acceptors (Lipinski definition) is 3. The van der Waals surface area contributed by atoms with E-state index in [0.29, 0.717) is 0 Å². The topological polar surface area (TPSA) is 27.7 Å². The highest BCUT2D eigenvalue weighted by Gasteiger charge is 2.53. The summed E-state index contributed by atoms with van der Waals surface area (Å²) in [6.45, 7) is 0. The lowest BCUT2D eigenvalue weighted by Gasteiger charge is -2.42. The zero-order valence-corrected chi connectivity index (χ0v) is 14.7. The van der Waals surface area contributed by atoms with Crippen LogP contribution >= 0.6 is 104 Å². The second-order valence-electron chi connectivity index (χ2n) is 3.03. The first-order chi connectivity index (χ1) is 7.82. The molecule has 1 fully saturated rings. The summed E-state index contributed by atoms with van der Waals surface area (Å²) in [7, 11) is 0. The van der Waals surface area contributed by atoms with Gasteiger partial charge < -0.3 is 14.2 Å². The number of rotatable bonds is 0. The van der Waals surface area contributed by atoms with Gasteiger partial charge in [0.25, 0.3) is 0 Å². The summed E-state index contributed by atoms with van der Waals surface area (Å²) in [6.07, 6.45) is -4.34. The van der Waals surface area contributed by atoms with Crippen molar-refractivity contribution in [3.05, 3.63) is 0 Å². The smallest absolute Gasteiger partial charge is 0.241 e. The number of halogens is 9. The van der Waals surface area contributed by atoms with Gasteiger partial charge in [0.15, 0.2) is 0 Å². The van der Waals surface area contributed by atoms with Gasteiger partial charge in [0.2, 0.25) is 30.2 Å². The predicted molar refractivity (Wildman–Crippen MR) is 75.5 cm³/mol. The lowest BCUT2D eigenvalue weighted by atomic mass is 10.5. The van der Waals surface area contributed by atoms with Crippen LogP contribution in [0, 0.1) is 0 Å². The third kappa shape index (κ3) is 5.36. The molecule has 1 heterocycles. The van der Waals surface area contributed by atoms with Crippen LogP contribution in [0.25, 0.3) is 0 Å². The van der Waals surface area contributed by atoms with Gasteiger partial charge in [0.05, 0.1) is 0 Å². The van der Waals surface area contributed by atoms with Crippen LogP contribution in [-0.4, -0.2) is 30.2 Å². The van der Waals surface area contributed by atoms with Crippen molar-refractivity contribution in [1.29, 1.82) is 0 Å². The van der Waals surface area contributed by atoms with Gasteiger partial charge in [-0.25, -0.2) is 0 Å². The summed E-state index contributed by atoms with van der Waals surface area (Å²) in [5.74, 6) is 0. The van der Waals surface area contributed by atoms with Gasteiger partial charge in [0.1, 0.15) is 0 Å². The third-order valence-electron chi connectivity index (χ3n) is 1.54. The molecule has 0 spiro atoms. The quantitative estimate of drug-likeness (QED) is 0.487. The Morgan fingerprint density at radius 2 is 0.611 bits per heavy atom. The molecule has 1 aliphatic heterocycles. The molecule has 0 amide bonds. The number of hydrogen-bond donors (Lipinski definition) is 0. The van der Waals surface area contributed by atoms with Gasteiger partial charge >= 0.3 is 0 Å². The van der Waals surface area contributed by atoms with E-state index in [0.717, 1.165) is 0 Å². The Kier molecular flexibility index (Phi) is 6.50. The van der Waals surface area contributed by atoms with Crippen molar-refractivity contribution in [3.63, 3.8) is 0 Å². The first kappa shape index (κ1) is 18.5. The summed E-state index contributed by atoms with van der Waals surface area (Å²) in [5, 5.41) is 0. The predicted octanol–water partition coefficient (Wildman–Crippen LogP) is 5.14. The van der Waals surface area contributed by atoms with E-state index in [1.165, 1.54) is 0 Å². The minimum atomic E-state index is -1.99. The van der Waals surface area contributed by atoms with Crippen molar-refractivity contribution in [3.8, 4) is 0 Å². The van der Waals surface area contributed by atoms with Crippen LogP contribution in [0.2, 0.25) is 0 Å². The van der Waals surface area contributed by atoms with Crippen LogP contribution in [0.15, 0.2) is 0 Å². The fourth-order valence-electron chi connectivity index (χ4n) is 0.896. The van der Waals surface area contributed by atoms with E-state index in [1.54, 1.807) is 0 Å². The first-order valence-electron chi connectivity index (χ1n) is 3.98. The highest BCUT2D eigenvalue weighted by molar-refractivity contribution is 6.69. The second-order valence-corrected chi connectivity index (χ2v) is 10.1. The third-order valence-corrected chi connectivity index (χ3v) is 3.15. The molecule has 0 N–H and O–H groups in total. The molecule has 18 heavy (non-hydrogen) atoms. The van der Waals surface area contributed by atoms with Gasteiger partial charge in [-0.2, -0.15) is 0 Å². The molecular weight excluding hydrogens is 439 g/mol. The van der Waals surface area contributed by atoms with Crippen molar-refractivity contribution >= 4 is 104 Å². The van der Waals surface area contributed by atoms with E-state index in [1.807, 2.05) is 0 Å². The SMILES string of the molecule is ClC(Cl)(Cl)C1OC(C(Cl)(Cl)Cl)OC(C(Cl)(Cl)Cl)O1. The lowest BCUT2D eigenvalue weighted by Crippen LogP contribution is -2.54. The summed E-state index contributed by atoms with van der Waals surface area (Å²) in [6, 6.07) is 0. The van der Waals surface area contributed by atoms with Crippen molar-refractivity contribution in [1.82, 2.24) is 0 Å². The minimum absolute atomic E-state index is 1.45. The van der Waals surface area contributed by atoms with E-state index < -0.39 is 30.2 Å². The molecule has 0 radical (unpaired) electrons. The average molecular weight is 442 g/mol. The Labute approximate surface area is 148 Å². The fourth-order valence-corrected chi connectivity index (χ4v) is 1.82. The normalized spacial score (nSPS) is 31.5. The monoisotopic (exact) mass is 438 g/mol. The highest BCUT2D eigenvalue weighted by atomic mass is 35.6.